The van der Waals surface area contributed by atoms with Crippen molar-refractivity contribution in [1.82, 2.24) is 5.32 Å². The Morgan fingerprint density at radius 2 is 0.680 bits per heavy atom. The van der Waals surface area contributed by atoms with Crippen LogP contribution in [0.2, 0.25) is 0 Å². The number of esters is 1. The van der Waals surface area contributed by atoms with Gasteiger partial charge in [0, 0.05) is 12.8 Å². The summed E-state index contributed by atoms with van der Waals surface area (Å²) in [6, 6.07) is -0.548. The molecule has 0 rings (SSSR count). The summed E-state index contributed by atoms with van der Waals surface area (Å²) in [5.74, 6) is -0.0408. The van der Waals surface area contributed by atoms with E-state index in [0.717, 1.165) is 51.4 Å². The minimum atomic E-state index is -0.670. The first-order valence-electron chi connectivity index (χ1n) is 33.7. The van der Waals surface area contributed by atoms with Crippen molar-refractivity contribution in [3.8, 4) is 0 Å². The van der Waals surface area contributed by atoms with Gasteiger partial charge in [-0.2, -0.15) is 0 Å². The molecule has 0 aliphatic heterocycles. The number of amides is 1. The normalized spacial score (nSPS) is 12.7. The molecule has 2 unspecified atom stereocenters. The Balaban J connectivity index is 3.42. The number of hydrogen-bond donors (Lipinski definition) is 3. The molecule has 0 heterocycles. The van der Waals surface area contributed by atoms with Gasteiger partial charge in [0.1, 0.15) is 0 Å². The number of aliphatic hydroxyl groups excluding tert-OH is 2. The summed E-state index contributed by atoms with van der Waals surface area (Å²) >= 11 is 0. The van der Waals surface area contributed by atoms with E-state index in [2.05, 4.69) is 55.6 Å². The fourth-order valence-electron chi connectivity index (χ4n) is 10.5. The topological polar surface area (TPSA) is 95.9 Å². The first kappa shape index (κ1) is 73.1. The van der Waals surface area contributed by atoms with Crippen LogP contribution in [0.25, 0.3) is 0 Å². The van der Waals surface area contributed by atoms with E-state index in [4.69, 9.17) is 4.74 Å². The second kappa shape index (κ2) is 64.6. The van der Waals surface area contributed by atoms with Gasteiger partial charge in [0.15, 0.2) is 0 Å². The Bertz CT molecular complexity index is 1210. The molecule has 442 valence electrons. The summed E-state index contributed by atoms with van der Waals surface area (Å²) in [4.78, 5) is 24.6. The molecule has 0 aromatic heterocycles. The molecular formula is C69H131NO5. The van der Waals surface area contributed by atoms with Crippen molar-refractivity contribution in [1.29, 1.82) is 0 Å². The lowest BCUT2D eigenvalue weighted by Gasteiger charge is -2.22. The molecule has 3 N–H and O–H groups in total. The lowest BCUT2D eigenvalue weighted by atomic mass is 10.0. The molecule has 0 aliphatic carbocycles. The highest BCUT2D eigenvalue weighted by Crippen LogP contribution is 2.18. The highest BCUT2D eigenvalue weighted by molar-refractivity contribution is 5.76. The number of nitrogens with one attached hydrogen (secondary N) is 1. The highest BCUT2D eigenvalue weighted by Gasteiger charge is 2.20. The van der Waals surface area contributed by atoms with Crippen molar-refractivity contribution >= 4 is 11.9 Å². The van der Waals surface area contributed by atoms with Gasteiger partial charge in [0.2, 0.25) is 5.91 Å². The predicted molar refractivity (Wildman–Crippen MR) is 329 cm³/mol. The van der Waals surface area contributed by atoms with Crippen LogP contribution in [0.5, 0.6) is 0 Å². The van der Waals surface area contributed by atoms with E-state index >= 15 is 0 Å². The number of hydrogen-bond acceptors (Lipinski definition) is 5. The van der Waals surface area contributed by atoms with Crippen LogP contribution in [0.1, 0.15) is 367 Å². The Hall–Kier alpha value is -1.92. The molecule has 6 heteroatoms. The summed E-state index contributed by atoms with van der Waals surface area (Å²) in [7, 11) is 0. The summed E-state index contributed by atoms with van der Waals surface area (Å²) < 4.78 is 5.48. The minimum absolute atomic E-state index is 0.00272. The fraction of sp³-hybridized carbons (Fsp3) is 0.884. The smallest absolute Gasteiger partial charge is 0.305 e. The fourth-order valence-corrected chi connectivity index (χ4v) is 10.5. The van der Waals surface area contributed by atoms with Gasteiger partial charge in [0.25, 0.3) is 0 Å². The summed E-state index contributed by atoms with van der Waals surface area (Å²) in [6.45, 7) is 4.93. The number of carbonyl (C=O) groups is 2. The molecular weight excluding hydrogens is 923 g/mol. The Labute approximate surface area is 468 Å². The number of aliphatic hydroxyl groups is 2. The average molecular weight is 1050 g/mol. The highest BCUT2D eigenvalue weighted by atomic mass is 16.5. The Morgan fingerprint density at radius 1 is 0.373 bits per heavy atom. The van der Waals surface area contributed by atoms with Crippen LogP contribution in [0, 0.1) is 0 Å². The van der Waals surface area contributed by atoms with Gasteiger partial charge in [-0.3, -0.25) is 9.59 Å². The van der Waals surface area contributed by atoms with Gasteiger partial charge in [0.05, 0.1) is 25.4 Å². The zero-order valence-electron chi connectivity index (χ0n) is 50.5. The number of rotatable bonds is 63. The van der Waals surface area contributed by atoms with E-state index in [0.29, 0.717) is 25.9 Å². The lowest BCUT2D eigenvalue weighted by Crippen LogP contribution is -2.45. The first-order valence-corrected chi connectivity index (χ1v) is 33.7. The Kier molecular flexibility index (Phi) is 63.0. The standard InChI is InChI=1S/C69H131NO5/c1-3-5-7-9-11-13-15-17-19-20-21-25-28-31-34-37-41-45-49-53-57-61-67(72)66(65-71)70-68(73)62-58-54-50-46-42-38-35-32-29-26-23-22-24-27-30-33-36-40-44-48-52-56-60-64-75-69(74)63-59-55-51-47-43-39-18-16-14-12-10-8-6-4-2/h10,12,16,18,26,29,66-67,71-72H,3-9,11,13-15,17,19-25,27-28,30-65H2,1-2H3,(H,70,73)/b12-10-,18-16-,29-26-. The monoisotopic (exact) mass is 1050 g/mol. The van der Waals surface area contributed by atoms with Gasteiger partial charge in [-0.05, 0) is 77.0 Å². The maximum absolute atomic E-state index is 12.5. The number of ether oxygens (including phenoxy) is 1. The molecule has 0 saturated carbocycles. The van der Waals surface area contributed by atoms with E-state index < -0.39 is 12.1 Å². The second-order valence-corrected chi connectivity index (χ2v) is 23.1. The average Bonchev–Trinajstić information content (AvgIpc) is 3.41. The van der Waals surface area contributed by atoms with Crippen molar-refractivity contribution in [2.24, 2.45) is 0 Å². The van der Waals surface area contributed by atoms with Gasteiger partial charge in [-0.1, -0.05) is 314 Å². The number of allylic oxidation sites excluding steroid dienone is 6. The summed E-state index contributed by atoms with van der Waals surface area (Å²) in [6.07, 6.45) is 81.7. The second-order valence-electron chi connectivity index (χ2n) is 23.1. The molecule has 0 radical (unpaired) electrons. The van der Waals surface area contributed by atoms with Crippen LogP contribution in [0.4, 0.5) is 0 Å². The van der Waals surface area contributed by atoms with Crippen LogP contribution >= 0.6 is 0 Å². The molecule has 0 saturated heterocycles. The van der Waals surface area contributed by atoms with E-state index in [9.17, 15) is 19.8 Å². The van der Waals surface area contributed by atoms with E-state index in [1.165, 1.54) is 283 Å². The lowest BCUT2D eigenvalue weighted by molar-refractivity contribution is -0.143. The quantitative estimate of drug-likeness (QED) is 0.0320. The van der Waals surface area contributed by atoms with Gasteiger partial charge in [-0.15, -0.1) is 0 Å². The molecule has 2 atom stereocenters. The zero-order valence-corrected chi connectivity index (χ0v) is 50.5. The molecule has 0 aromatic carbocycles. The number of carbonyl (C=O) groups excluding carboxylic acids is 2. The predicted octanol–water partition coefficient (Wildman–Crippen LogP) is 21.5. The molecule has 0 spiro atoms. The van der Waals surface area contributed by atoms with Gasteiger partial charge in [-0.25, -0.2) is 0 Å². The van der Waals surface area contributed by atoms with Crippen molar-refractivity contribution in [3.05, 3.63) is 36.5 Å². The van der Waals surface area contributed by atoms with Crippen LogP contribution in [-0.4, -0.2) is 47.4 Å². The summed E-state index contributed by atoms with van der Waals surface area (Å²) in [5.41, 5.74) is 0. The van der Waals surface area contributed by atoms with Crippen LogP contribution < -0.4 is 5.32 Å². The van der Waals surface area contributed by atoms with Crippen molar-refractivity contribution in [3.63, 3.8) is 0 Å². The van der Waals surface area contributed by atoms with Crippen LogP contribution in [0.3, 0.4) is 0 Å². The Morgan fingerprint density at radius 3 is 1.07 bits per heavy atom. The molecule has 0 bridgehead atoms. The first-order chi connectivity index (χ1) is 37.0. The SMILES string of the molecule is CCCC/C=C\C/C=C\CCCCCCCC(=O)OCCCCCCCCCCCCCC/C=C\CCCCCCCCCC(=O)NC(CO)C(O)CCCCCCCCCCCCCCCCCCCCCCC. The zero-order chi connectivity index (χ0) is 54.3. The van der Waals surface area contributed by atoms with Gasteiger partial charge >= 0.3 is 5.97 Å². The molecule has 0 aliphatic rings. The maximum atomic E-state index is 12.5. The maximum Gasteiger partial charge on any atom is 0.305 e. The van der Waals surface area contributed by atoms with Gasteiger partial charge < -0.3 is 20.3 Å². The third kappa shape index (κ3) is 61.2. The van der Waals surface area contributed by atoms with E-state index in [1.807, 2.05) is 0 Å². The van der Waals surface area contributed by atoms with E-state index in [-0.39, 0.29) is 18.5 Å². The van der Waals surface area contributed by atoms with Crippen molar-refractivity contribution < 1.29 is 24.5 Å². The molecule has 1 amide bonds. The molecule has 75 heavy (non-hydrogen) atoms. The van der Waals surface area contributed by atoms with E-state index in [1.54, 1.807) is 0 Å². The van der Waals surface area contributed by atoms with Crippen molar-refractivity contribution in [2.45, 2.75) is 379 Å². The molecule has 0 fully saturated rings. The van der Waals surface area contributed by atoms with Crippen molar-refractivity contribution in [2.75, 3.05) is 13.2 Å². The molecule has 0 aromatic rings. The third-order valence-corrected chi connectivity index (χ3v) is 15.7. The molecule has 6 nitrogen and oxygen atoms in total. The number of unbranched alkanes of at least 4 members (excludes halogenated alkanes) is 46. The van der Waals surface area contributed by atoms with Crippen LogP contribution in [-0.2, 0) is 14.3 Å². The third-order valence-electron chi connectivity index (χ3n) is 15.7. The summed E-state index contributed by atoms with van der Waals surface area (Å²) in [5, 5.41) is 23.4. The van der Waals surface area contributed by atoms with Crippen LogP contribution in [0.15, 0.2) is 36.5 Å². The largest absolute Gasteiger partial charge is 0.466 e. The minimum Gasteiger partial charge on any atom is -0.466 e.